The van der Waals surface area contributed by atoms with E-state index in [-0.39, 0.29) is 18.4 Å². The highest BCUT2D eigenvalue weighted by atomic mass is 19.1. The molecule has 5 nitrogen and oxygen atoms in total. The number of hydrogen-bond acceptors (Lipinski definition) is 3. The Balaban J connectivity index is 1.63. The number of aliphatic hydroxyl groups excluding tert-OH is 1. The Labute approximate surface area is 130 Å². The minimum Gasteiger partial charge on any atom is -0.387 e. The monoisotopic (exact) mass is 309 g/mol. The second kappa shape index (κ2) is 8.10. The lowest BCUT2D eigenvalue weighted by molar-refractivity contribution is 0.172. The predicted octanol–water partition coefficient (Wildman–Crippen LogP) is 1.64. The molecule has 0 heterocycles. The van der Waals surface area contributed by atoms with Crippen molar-refractivity contribution in [1.82, 2.24) is 15.5 Å². The molecule has 2 rings (SSSR count). The van der Waals surface area contributed by atoms with E-state index < -0.39 is 6.10 Å². The van der Waals surface area contributed by atoms with Crippen molar-refractivity contribution in [3.8, 4) is 0 Å². The van der Waals surface area contributed by atoms with Crippen LogP contribution in [0, 0.1) is 5.82 Å². The maximum absolute atomic E-state index is 12.8. The van der Waals surface area contributed by atoms with E-state index in [1.165, 1.54) is 37.1 Å². The van der Waals surface area contributed by atoms with Crippen LogP contribution in [0.5, 0.6) is 0 Å². The summed E-state index contributed by atoms with van der Waals surface area (Å²) in [7, 11) is 0. The Morgan fingerprint density at radius 2 is 2.05 bits per heavy atom. The number of carbonyl (C=O) groups excluding carboxylic acids is 1. The van der Waals surface area contributed by atoms with Crippen LogP contribution in [0.1, 0.15) is 31.4 Å². The fourth-order valence-electron chi connectivity index (χ4n) is 2.41. The van der Waals surface area contributed by atoms with Crippen molar-refractivity contribution in [2.45, 2.75) is 31.9 Å². The van der Waals surface area contributed by atoms with Gasteiger partial charge in [-0.3, -0.25) is 4.90 Å². The van der Waals surface area contributed by atoms with Gasteiger partial charge in [-0.15, -0.1) is 0 Å². The van der Waals surface area contributed by atoms with Gasteiger partial charge in [-0.05, 0) is 37.1 Å². The molecule has 6 heteroatoms. The zero-order valence-electron chi connectivity index (χ0n) is 12.9. The van der Waals surface area contributed by atoms with Gasteiger partial charge in [-0.1, -0.05) is 19.1 Å². The van der Waals surface area contributed by atoms with E-state index in [0.29, 0.717) is 18.2 Å². The maximum atomic E-state index is 12.8. The summed E-state index contributed by atoms with van der Waals surface area (Å²) in [4.78, 5) is 14.0. The number of amides is 2. The lowest BCUT2D eigenvalue weighted by atomic mass is 10.1. The van der Waals surface area contributed by atoms with Crippen molar-refractivity contribution < 1.29 is 14.3 Å². The normalized spacial score (nSPS) is 15.6. The second-order valence-electron chi connectivity index (χ2n) is 5.56. The van der Waals surface area contributed by atoms with E-state index >= 15 is 0 Å². The summed E-state index contributed by atoms with van der Waals surface area (Å²) < 4.78 is 12.8. The van der Waals surface area contributed by atoms with Gasteiger partial charge in [0, 0.05) is 25.7 Å². The molecular weight excluding hydrogens is 285 g/mol. The highest BCUT2D eigenvalue weighted by molar-refractivity contribution is 5.73. The van der Waals surface area contributed by atoms with Crippen LogP contribution < -0.4 is 10.6 Å². The number of nitrogens with zero attached hydrogens (tertiary/aromatic N) is 1. The fraction of sp³-hybridized carbons (Fsp3) is 0.562. The third-order valence-electron chi connectivity index (χ3n) is 3.86. The van der Waals surface area contributed by atoms with Gasteiger partial charge in [-0.2, -0.15) is 0 Å². The van der Waals surface area contributed by atoms with Gasteiger partial charge in [0.25, 0.3) is 0 Å². The highest BCUT2D eigenvalue weighted by Crippen LogP contribution is 2.25. The number of nitrogens with one attached hydrogen (secondary N) is 2. The number of hydrogen-bond donors (Lipinski definition) is 3. The van der Waals surface area contributed by atoms with Crippen LogP contribution in [-0.4, -0.2) is 48.3 Å². The molecule has 1 aromatic carbocycles. The highest BCUT2D eigenvalue weighted by Gasteiger charge is 2.27. The predicted molar refractivity (Wildman–Crippen MR) is 83.0 cm³/mol. The summed E-state index contributed by atoms with van der Waals surface area (Å²) in [5.41, 5.74) is 0.576. The zero-order valence-corrected chi connectivity index (χ0v) is 12.9. The van der Waals surface area contributed by atoms with Crippen molar-refractivity contribution in [2.75, 3.05) is 26.2 Å². The summed E-state index contributed by atoms with van der Waals surface area (Å²) in [6.07, 6.45) is 1.67. The molecule has 0 radical (unpaired) electrons. The molecule has 0 bridgehead atoms. The molecule has 3 N–H and O–H groups in total. The molecule has 1 aromatic rings. The molecule has 0 saturated heterocycles. The minimum atomic E-state index is -0.843. The van der Waals surface area contributed by atoms with Crippen molar-refractivity contribution in [1.29, 1.82) is 0 Å². The molecule has 1 saturated carbocycles. The molecular formula is C16H24FN3O2. The van der Waals surface area contributed by atoms with E-state index in [2.05, 4.69) is 22.5 Å². The van der Waals surface area contributed by atoms with Crippen LogP contribution in [0.3, 0.4) is 0 Å². The van der Waals surface area contributed by atoms with E-state index in [0.717, 1.165) is 13.1 Å². The Kier molecular flexibility index (Phi) is 6.15. The van der Waals surface area contributed by atoms with Gasteiger partial charge in [-0.25, -0.2) is 9.18 Å². The minimum absolute atomic E-state index is 0.0948. The third-order valence-corrected chi connectivity index (χ3v) is 3.86. The van der Waals surface area contributed by atoms with E-state index in [1.54, 1.807) is 0 Å². The summed E-state index contributed by atoms with van der Waals surface area (Å²) in [5, 5.41) is 15.3. The number of likely N-dealkylation sites (N-methyl/N-ethyl adjacent to an activating group) is 1. The molecule has 1 atom stereocenters. The number of carbonyl (C=O) groups is 1. The van der Waals surface area contributed by atoms with Crippen LogP contribution >= 0.6 is 0 Å². The van der Waals surface area contributed by atoms with Gasteiger partial charge < -0.3 is 15.7 Å². The Bertz CT molecular complexity index is 477. The molecule has 122 valence electrons. The number of benzene rings is 1. The number of halogens is 1. The quantitative estimate of drug-likeness (QED) is 0.684. The average molecular weight is 309 g/mol. The van der Waals surface area contributed by atoms with Crippen molar-refractivity contribution in [3.63, 3.8) is 0 Å². The smallest absolute Gasteiger partial charge is 0.314 e. The summed E-state index contributed by atoms with van der Waals surface area (Å²) >= 11 is 0. The van der Waals surface area contributed by atoms with Crippen LogP contribution in [0.4, 0.5) is 9.18 Å². The molecule has 22 heavy (non-hydrogen) atoms. The fourth-order valence-corrected chi connectivity index (χ4v) is 2.41. The first-order valence-electron chi connectivity index (χ1n) is 7.79. The molecule has 0 aliphatic heterocycles. The first-order valence-corrected chi connectivity index (χ1v) is 7.79. The molecule has 1 aliphatic rings. The largest absolute Gasteiger partial charge is 0.387 e. The van der Waals surface area contributed by atoms with Crippen LogP contribution in [0.25, 0.3) is 0 Å². The van der Waals surface area contributed by atoms with Crippen LogP contribution in [0.15, 0.2) is 24.3 Å². The molecule has 2 amide bonds. The van der Waals surface area contributed by atoms with Crippen LogP contribution in [-0.2, 0) is 0 Å². The SMILES string of the molecule is CCN(CCNC(=O)NCC(O)c1ccc(F)cc1)C1CC1. The molecule has 0 spiro atoms. The lowest BCUT2D eigenvalue weighted by Crippen LogP contribution is -2.42. The lowest BCUT2D eigenvalue weighted by Gasteiger charge is -2.20. The van der Waals surface area contributed by atoms with Crippen molar-refractivity contribution in [3.05, 3.63) is 35.6 Å². The van der Waals surface area contributed by atoms with Gasteiger partial charge in [0.15, 0.2) is 0 Å². The van der Waals surface area contributed by atoms with Gasteiger partial charge in [0.2, 0.25) is 0 Å². The Morgan fingerprint density at radius 3 is 2.64 bits per heavy atom. The van der Waals surface area contributed by atoms with Gasteiger partial charge >= 0.3 is 6.03 Å². The molecule has 1 aliphatic carbocycles. The summed E-state index contributed by atoms with van der Waals surface area (Å²) in [6, 6.07) is 5.98. The first-order chi connectivity index (χ1) is 10.6. The van der Waals surface area contributed by atoms with Crippen LogP contribution in [0.2, 0.25) is 0 Å². The Hall–Kier alpha value is -1.66. The standard InChI is InChI=1S/C16H24FN3O2/c1-2-20(14-7-8-14)10-9-18-16(22)19-11-15(21)12-3-5-13(17)6-4-12/h3-6,14-15,21H,2,7-11H2,1H3,(H2,18,19,22). The van der Waals surface area contributed by atoms with E-state index in [4.69, 9.17) is 0 Å². The summed E-state index contributed by atoms with van der Waals surface area (Å²) in [6.45, 7) is 4.64. The number of urea groups is 1. The van der Waals surface area contributed by atoms with Gasteiger partial charge in [0.05, 0.1) is 6.10 Å². The third kappa shape index (κ3) is 5.27. The van der Waals surface area contributed by atoms with Crippen molar-refractivity contribution >= 4 is 6.03 Å². The maximum Gasteiger partial charge on any atom is 0.314 e. The Morgan fingerprint density at radius 1 is 1.36 bits per heavy atom. The average Bonchev–Trinajstić information content (AvgIpc) is 3.34. The number of rotatable bonds is 8. The van der Waals surface area contributed by atoms with E-state index in [9.17, 15) is 14.3 Å². The first kappa shape index (κ1) is 16.7. The molecule has 1 unspecified atom stereocenters. The zero-order chi connectivity index (χ0) is 15.9. The molecule has 0 aromatic heterocycles. The summed E-state index contributed by atoms with van der Waals surface area (Å²) in [5.74, 6) is -0.349. The van der Waals surface area contributed by atoms with Gasteiger partial charge in [0.1, 0.15) is 5.82 Å². The molecule has 1 fully saturated rings. The van der Waals surface area contributed by atoms with E-state index in [1.807, 2.05) is 0 Å². The van der Waals surface area contributed by atoms with Crippen molar-refractivity contribution in [2.24, 2.45) is 0 Å². The topological polar surface area (TPSA) is 64.6 Å². The second-order valence-corrected chi connectivity index (χ2v) is 5.56. The number of aliphatic hydroxyl groups is 1.